The van der Waals surface area contributed by atoms with Crippen LogP contribution >= 0.6 is 48.0 Å². The average molecular weight is 1240 g/mol. The first-order valence-corrected chi connectivity index (χ1v) is 31.8. The Hall–Kier alpha value is -5.72. The first-order valence-electron chi connectivity index (χ1n) is 28.9. The predicted molar refractivity (Wildman–Crippen MR) is 334 cm³/mol. The number of fused-ring (bicyclic) bond motifs is 2. The molecule has 5 fully saturated rings. The van der Waals surface area contributed by atoms with Gasteiger partial charge in [0, 0.05) is 40.3 Å². The molecule has 5 aliphatic heterocycles. The second-order valence-corrected chi connectivity index (χ2v) is 29.4. The Bertz CT molecular complexity index is 2620. The molecule has 20 nitrogen and oxygen atoms in total. The van der Waals surface area contributed by atoms with Gasteiger partial charge in [-0.1, -0.05) is 113 Å². The summed E-state index contributed by atoms with van der Waals surface area (Å²) in [6.07, 6.45) is 0.794. The second kappa shape index (κ2) is 26.5. The zero-order valence-corrected chi connectivity index (χ0v) is 54.3. The van der Waals surface area contributed by atoms with Crippen LogP contribution in [0.5, 0.6) is 0 Å². The summed E-state index contributed by atoms with van der Waals surface area (Å²) in [6, 6.07) is 10.9. The van der Waals surface area contributed by atoms with E-state index in [1.165, 1.54) is 9.80 Å². The smallest absolute Gasteiger partial charge is 0.410 e. The van der Waals surface area contributed by atoms with E-state index in [-0.39, 0.29) is 70.5 Å². The molecule has 4 N–H and O–H groups in total. The van der Waals surface area contributed by atoms with Crippen molar-refractivity contribution < 1.29 is 47.8 Å². The highest BCUT2D eigenvalue weighted by molar-refractivity contribution is 8.00. The zero-order valence-electron chi connectivity index (χ0n) is 51.0. The summed E-state index contributed by atoms with van der Waals surface area (Å²) < 4.78 is 11.1. The van der Waals surface area contributed by atoms with Crippen molar-refractivity contribution >= 4 is 106 Å². The lowest BCUT2D eigenvalue weighted by Crippen LogP contribution is -2.60. The molecule has 2 aromatic rings. The Balaban J connectivity index is 1.04. The van der Waals surface area contributed by atoms with Gasteiger partial charge in [0.05, 0.1) is 32.8 Å². The molecule has 0 aromatic heterocycles. The van der Waals surface area contributed by atoms with Gasteiger partial charge in [0.1, 0.15) is 47.5 Å². The van der Waals surface area contributed by atoms with E-state index in [1.807, 2.05) is 39.8 Å². The third-order valence-electron chi connectivity index (χ3n) is 16.2. The summed E-state index contributed by atoms with van der Waals surface area (Å²) in [4.78, 5) is 125. The SMILES string of the molecule is C[C@@H](C(=S)N[C@H]1CCS[C@H]2CC(C)(C)[C@@H](C(=O)N[C@H](C(=O)N3CCN(C(=O)[C@@H](NC(=O)[C@H]4N5C(=O)[C@@H](NC(=S)[C@H](C)N(C)C(=O)OC(C)(C)C)CCS[C@H]5CC4(C)C)c4ccccc4)CC3)c3ccccc3)N2C1=O)N(C)C(=O)OC(C)(C)C. The maximum Gasteiger partial charge on any atom is 0.410 e. The number of hydrogen-bond donors (Lipinski definition) is 4. The number of ether oxygens (including phenoxy) is 2. The van der Waals surface area contributed by atoms with Crippen LogP contribution in [0.3, 0.4) is 0 Å². The van der Waals surface area contributed by atoms with Gasteiger partial charge < -0.3 is 60.1 Å². The Morgan fingerprint density at radius 3 is 1.21 bits per heavy atom. The summed E-state index contributed by atoms with van der Waals surface area (Å²) >= 11 is 14.7. The van der Waals surface area contributed by atoms with Crippen molar-refractivity contribution in [1.29, 1.82) is 0 Å². The van der Waals surface area contributed by atoms with Crippen LogP contribution in [0.15, 0.2) is 60.7 Å². The van der Waals surface area contributed by atoms with Gasteiger partial charge in [0.2, 0.25) is 35.4 Å². The molecule has 0 radical (unpaired) electrons. The molecular weight excluding hydrogens is 1150 g/mol. The van der Waals surface area contributed by atoms with Gasteiger partial charge in [-0.2, -0.15) is 0 Å². The van der Waals surface area contributed by atoms with Gasteiger partial charge >= 0.3 is 12.2 Å². The second-order valence-electron chi connectivity index (χ2n) is 25.9. The van der Waals surface area contributed by atoms with Crippen molar-refractivity contribution in [3.8, 4) is 0 Å². The normalized spacial score (nSPS) is 24.5. The summed E-state index contributed by atoms with van der Waals surface area (Å²) in [7, 11) is 3.17. The number of nitrogens with zero attached hydrogens (tertiary/aromatic N) is 6. The molecular formula is C60H86N10O10S4. The largest absolute Gasteiger partial charge is 0.444 e. The van der Waals surface area contributed by atoms with E-state index in [2.05, 4.69) is 21.3 Å². The number of benzene rings is 2. The number of rotatable bonds is 14. The number of hydrogen-bond acceptors (Lipinski definition) is 14. The fourth-order valence-corrected chi connectivity index (χ4v) is 15.2. The Kier molecular flexibility index (Phi) is 20.8. The van der Waals surface area contributed by atoms with E-state index in [4.69, 9.17) is 33.9 Å². The zero-order chi connectivity index (χ0) is 62.0. The highest BCUT2D eigenvalue weighted by Crippen LogP contribution is 2.48. The number of carbonyl (C=O) groups is 8. The molecule has 0 unspecified atom stereocenters. The number of thiocarbonyl (C=S) groups is 2. The minimum absolute atomic E-state index is 0.117. The first-order chi connectivity index (χ1) is 39.2. The molecule has 8 amide bonds. The highest BCUT2D eigenvalue weighted by atomic mass is 32.2. The van der Waals surface area contributed by atoms with Gasteiger partial charge in [0.15, 0.2) is 0 Å². The minimum atomic E-state index is -1.14. The summed E-state index contributed by atoms with van der Waals surface area (Å²) in [5.41, 5.74) is -1.75. The molecule has 10 atom stereocenters. The predicted octanol–water partition coefficient (Wildman–Crippen LogP) is 6.63. The minimum Gasteiger partial charge on any atom is -0.444 e. The van der Waals surface area contributed by atoms with Gasteiger partial charge in [-0.3, -0.25) is 28.8 Å². The molecule has 0 spiro atoms. The lowest BCUT2D eigenvalue weighted by Gasteiger charge is -2.39. The van der Waals surface area contributed by atoms with Crippen LogP contribution in [0.4, 0.5) is 9.59 Å². The third kappa shape index (κ3) is 15.3. The molecule has 24 heteroatoms. The van der Waals surface area contributed by atoms with Crippen molar-refractivity contribution in [3.63, 3.8) is 0 Å². The third-order valence-corrected chi connectivity index (χ3v) is 19.7. The Morgan fingerprint density at radius 2 is 0.905 bits per heavy atom. The Morgan fingerprint density at radius 1 is 0.583 bits per heavy atom. The van der Waals surface area contributed by atoms with Crippen LogP contribution in [0.1, 0.15) is 132 Å². The Labute approximate surface area is 514 Å². The van der Waals surface area contributed by atoms with Crippen LogP contribution < -0.4 is 21.3 Å². The molecule has 5 heterocycles. The van der Waals surface area contributed by atoms with E-state index >= 15 is 0 Å². The molecule has 7 rings (SSSR count). The molecule has 5 saturated heterocycles. The van der Waals surface area contributed by atoms with E-state index in [9.17, 15) is 38.4 Å². The lowest BCUT2D eigenvalue weighted by atomic mass is 9.83. The first kappa shape index (κ1) is 65.8. The van der Waals surface area contributed by atoms with Crippen molar-refractivity contribution in [1.82, 2.24) is 50.7 Å². The summed E-state index contributed by atoms with van der Waals surface area (Å²) in [5, 5.41) is 12.0. The van der Waals surface area contributed by atoms with Crippen LogP contribution in [-0.2, 0) is 38.2 Å². The van der Waals surface area contributed by atoms with Crippen molar-refractivity contribution in [2.24, 2.45) is 10.8 Å². The van der Waals surface area contributed by atoms with E-state index in [1.54, 1.807) is 161 Å². The number of nitrogens with one attached hydrogen (secondary N) is 4. The van der Waals surface area contributed by atoms with Crippen molar-refractivity contribution in [3.05, 3.63) is 71.8 Å². The molecule has 0 saturated carbocycles. The number of piperazine rings is 1. The quantitative estimate of drug-likeness (QED) is 0.146. The van der Waals surface area contributed by atoms with Gasteiger partial charge in [-0.15, -0.1) is 23.5 Å². The maximum atomic E-state index is 15.0. The summed E-state index contributed by atoms with van der Waals surface area (Å²) in [6.45, 7) is 22.4. The van der Waals surface area contributed by atoms with Crippen LogP contribution in [0.2, 0.25) is 0 Å². The lowest BCUT2D eigenvalue weighted by molar-refractivity contribution is -0.147. The van der Waals surface area contributed by atoms with E-state index in [0.717, 1.165) is 0 Å². The van der Waals surface area contributed by atoms with Crippen molar-refractivity contribution in [2.45, 2.75) is 179 Å². The number of likely N-dealkylation sites (N-methyl/N-ethyl adjacent to an activating group) is 2. The van der Waals surface area contributed by atoms with Crippen LogP contribution in [0, 0.1) is 10.8 Å². The summed E-state index contributed by atoms with van der Waals surface area (Å²) in [5.74, 6) is -1.13. The fraction of sp³-hybridized carbons (Fsp3) is 0.633. The molecule has 0 bridgehead atoms. The van der Waals surface area contributed by atoms with Gasteiger partial charge in [-0.25, -0.2) is 9.59 Å². The highest BCUT2D eigenvalue weighted by Gasteiger charge is 2.57. The molecule has 0 aliphatic carbocycles. The van der Waals surface area contributed by atoms with E-state index in [0.29, 0.717) is 48.3 Å². The van der Waals surface area contributed by atoms with Gasteiger partial charge in [-0.05, 0) is 115 Å². The molecule has 84 heavy (non-hydrogen) atoms. The monoisotopic (exact) mass is 1230 g/mol. The number of thioether (sulfide) groups is 2. The number of amides is 8. The van der Waals surface area contributed by atoms with Gasteiger partial charge in [0.25, 0.3) is 0 Å². The maximum absolute atomic E-state index is 15.0. The average Bonchev–Trinajstić information content (AvgIpc) is 2.27. The standard InChI is InChI=1S/C60H86N10O10S4/c1-35(65(13)55(77)79-57(3,4)5)49(81)61-39-25-31-83-41-33-59(9,10)45(69(41)51(39)73)47(71)63-43(37-21-17-15-18-22-37)53(75)67-27-29-68(30-28-67)54(76)44(38-23-19-16-20-24-38)64-48(72)46-60(11,12)34-42-70(46)52(74)40(26-32-84-42)62-50(82)36(2)66(14)56(78)80-58(6,7)8/h15-24,35-36,39-46H,25-34H2,1-14H3,(H,61,81)(H,62,82)(H,63,71)(H,64,72)/t35-,36-,39-,40-,41-,42-,43-,44-,45+,46+/m0/s1. The molecule has 2 aromatic carbocycles. The fourth-order valence-electron chi connectivity index (χ4n) is 11.4. The van der Waals surface area contributed by atoms with Crippen LogP contribution in [0.25, 0.3) is 0 Å². The van der Waals surface area contributed by atoms with Crippen LogP contribution in [-0.4, -0.2) is 197 Å². The topological polar surface area (TPSA) is 223 Å². The van der Waals surface area contributed by atoms with E-state index < -0.39 is 94.4 Å². The molecule has 5 aliphatic rings. The number of carbonyl (C=O) groups excluding carboxylic acids is 8. The van der Waals surface area contributed by atoms with Crippen molar-refractivity contribution in [2.75, 3.05) is 51.8 Å². The molecule has 460 valence electrons.